The van der Waals surface area contributed by atoms with Gasteiger partial charge in [-0.25, -0.2) is 0 Å². The van der Waals surface area contributed by atoms with Crippen molar-refractivity contribution in [2.45, 2.75) is 6.42 Å². The molecule has 0 heterocycles. The zero-order valence-electron chi connectivity index (χ0n) is 13.7. The Morgan fingerprint density at radius 1 is 0.840 bits per heavy atom. The summed E-state index contributed by atoms with van der Waals surface area (Å²) in [5.41, 5.74) is 6.00. The molecule has 0 aromatic heterocycles. The maximum Gasteiger partial charge on any atom is 0.129 e. The predicted molar refractivity (Wildman–Crippen MR) is 97.9 cm³/mol. The molecular weight excluding hydrogens is 304 g/mol. The summed E-state index contributed by atoms with van der Waals surface area (Å²) in [6.45, 7) is 0. The van der Waals surface area contributed by atoms with E-state index in [0.717, 1.165) is 23.1 Å². The van der Waals surface area contributed by atoms with Crippen molar-refractivity contribution in [3.05, 3.63) is 101 Å². The number of rotatable bonds is 2. The van der Waals surface area contributed by atoms with E-state index in [0.29, 0.717) is 5.92 Å². The second-order valence-corrected chi connectivity index (χ2v) is 6.39. The van der Waals surface area contributed by atoms with Crippen LogP contribution in [0.4, 0.5) is 0 Å². The lowest BCUT2D eigenvalue weighted by atomic mass is 9.66. The molecule has 2 aromatic rings. The highest BCUT2D eigenvalue weighted by molar-refractivity contribution is 5.85. The lowest BCUT2D eigenvalue weighted by molar-refractivity contribution is 0.410. The number of allylic oxidation sites excluding steroid dienone is 5. The van der Waals surface area contributed by atoms with Gasteiger partial charge in [0.25, 0.3) is 0 Å². The van der Waals surface area contributed by atoms with E-state index in [4.69, 9.17) is 0 Å². The molecule has 25 heavy (non-hydrogen) atoms. The Morgan fingerprint density at radius 3 is 1.92 bits per heavy atom. The Kier molecular flexibility index (Phi) is 3.81. The van der Waals surface area contributed by atoms with Gasteiger partial charge in [0.15, 0.2) is 0 Å². The molecule has 0 aliphatic heterocycles. The van der Waals surface area contributed by atoms with Crippen molar-refractivity contribution in [3.8, 4) is 12.1 Å². The number of nitriles is 2. The Balaban J connectivity index is 1.93. The van der Waals surface area contributed by atoms with Gasteiger partial charge < -0.3 is 0 Å². The summed E-state index contributed by atoms with van der Waals surface area (Å²) >= 11 is 0. The summed E-state index contributed by atoms with van der Waals surface area (Å²) in [7, 11) is 0. The summed E-state index contributed by atoms with van der Waals surface area (Å²) in [5, 5.41) is 18.5. The van der Waals surface area contributed by atoms with Crippen LogP contribution in [0.2, 0.25) is 0 Å². The number of fused-ring (bicyclic) bond motifs is 1. The van der Waals surface area contributed by atoms with Crippen LogP contribution in [0.15, 0.2) is 89.5 Å². The average molecular weight is 320 g/mol. The van der Waals surface area contributed by atoms with Gasteiger partial charge in [0.1, 0.15) is 17.7 Å². The molecule has 1 fully saturated rings. The smallest absolute Gasteiger partial charge is 0.129 e. The molecule has 1 saturated carbocycles. The average Bonchev–Trinajstić information content (AvgIpc) is 2.97. The van der Waals surface area contributed by atoms with Gasteiger partial charge in [-0.05, 0) is 40.2 Å². The molecule has 2 atom stereocenters. The van der Waals surface area contributed by atoms with Gasteiger partial charge in [-0.1, -0.05) is 72.8 Å². The first-order valence-electron chi connectivity index (χ1n) is 8.40. The van der Waals surface area contributed by atoms with E-state index in [1.54, 1.807) is 0 Å². The quantitative estimate of drug-likeness (QED) is 0.728. The minimum Gasteiger partial charge on any atom is -0.192 e. The molecule has 2 unspecified atom stereocenters. The topological polar surface area (TPSA) is 47.6 Å². The summed E-state index contributed by atoms with van der Waals surface area (Å²) in [6, 6.07) is 24.8. The van der Waals surface area contributed by atoms with Crippen LogP contribution in [0, 0.1) is 34.5 Å². The molecule has 2 nitrogen and oxygen atoms in total. The minimum absolute atomic E-state index is 0.157. The van der Waals surface area contributed by atoms with Crippen LogP contribution in [-0.2, 0) is 0 Å². The first-order chi connectivity index (χ1) is 12.3. The Bertz CT molecular complexity index is 922. The van der Waals surface area contributed by atoms with Gasteiger partial charge in [-0.3, -0.25) is 0 Å². The van der Waals surface area contributed by atoms with E-state index >= 15 is 0 Å². The number of hydrogen-bond acceptors (Lipinski definition) is 2. The fraction of sp³-hybridized carbons (Fsp3) is 0.130. The van der Waals surface area contributed by atoms with Crippen molar-refractivity contribution in [1.29, 1.82) is 10.5 Å². The van der Waals surface area contributed by atoms with Crippen molar-refractivity contribution < 1.29 is 0 Å². The van der Waals surface area contributed by atoms with E-state index in [1.165, 1.54) is 11.1 Å². The summed E-state index contributed by atoms with van der Waals surface area (Å²) < 4.78 is 0. The maximum atomic E-state index is 9.27. The molecule has 0 saturated heterocycles. The van der Waals surface area contributed by atoms with Crippen molar-refractivity contribution in [2.75, 3.05) is 0 Å². The van der Waals surface area contributed by atoms with Crippen LogP contribution >= 0.6 is 0 Å². The number of hydrogen-bond donors (Lipinski definition) is 0. The first kappa shape index (κ1) is 15.2. The van der Waals surface area contributed by atoms with Crippen LogP contribution in [0.5, 0.6) is 0 Å². The molecule has 2 aromatic carbocycles. The molecule has 2 heteroatoms. The highest BCUT2D eigenvalue weighted by Crippen LogP contribution is 2.53. The van der Waals surface area contributed by atoms with E-state index in [-0.39, 0.29) is 11.5 Å². The first-order valence-corrected chi connectivity index (χ1v) is 8.40. The van der Waals surface area contributed by atoms with Crippen molar-refractivity contribution in [1.82, 2.24) is 0 Å². The highest BCUT2D eigenvalue weighted by Gasteiger charge is 2.42. The maximum absolute atomic E-state index is 9.27. The van der Waals surface area contributed by atoms with Gasteiger partial charge >= 0.3 is 0 Å². The Hall–Kier alpha value is -3.36. The molecule has 2 aliphatic rings. The van der Waals surface area contributed by atoms with Gasteiger partial charge in [0.05, 0.1) is 0 Å². The van der Waals surface area contributed by atoms with E-state index < -0.39 is 0 Å². The Labute approximate surface area is 147 Å². The largest absolute Gasteiger partial charge is 0.192 e. The molecule has 0 N–H and O–H groups in total. The van der Waals surface area contributed by atoms with Gasteiger partial charge in [-0.15, -0.1) is 0 Å². The summed E-state index contributed by atoms with van der Waals surface area (Å²) in [6.07, 6.45) is 5.23. The van der Waals surface area contributed by atoms with Crippen LogP contribution in [-0.4, -0.2) is 0 Å². The fourth-order valence-electron chi connectivity index (χ4n) is 3.90. The van der Waals surface area contributed by atoms with Gasteiger partial charge in [0.2, 0.25) is 0 Å². The number of nitrogens with zero attached hydrogens (tertiary/aromatic N) is 2. The molecule has 0 spiro atoms. The second kappa shape index (κ2) is 6.27. The van der Waals surface area contributed by atoms with Crippen LogP contribution in [0.3, 0.4) is 0 Å². The zero-order chi connectivity index (χ0) is 17.2. The molecule has 0 amide bonds. The lowest BCUT2D eigenvalue weighted by Gasteiger charge is -2.36. The van der Waals surface area contributed by atoms with E-state index in [9.17, 15) is 10.5 Å². The summed E-state index contributed by atoms with van der Waals surface area (Å²) in [4.78, 5) is 0. The standard InChI is InChI=1S/C23H16N2/c24-14-19(15-25)21-13-18-11-12-20(23(18)21)22(16-7-3-1-4-8-16)17-9-5-2-6-10-17/h1-12,18,23H,13H2. The van der Waals surface area contributed by atoms with E-state index in [2.05, 4.69) is 48.6 Å². The van der Waals surface area contributed by atoms with Crippen molar-refractivity contribution in [2.24, 2.45) is 11.8 Å². The van der Waals surface area contributed by atoms with E-state index in [1.807, 2.05) is 36.4 Å². The molecule has 118 valence electrons. The third kappa shape index (κ3) is 2.49. The third-order valence-electron chi connectivity index (χ3n) is 5.08. The SMILES string of the molecule is N#CC(C#N)=C1CC2C=CC(=C(c3ccccc3)c3ccccc3)C12. The molecule has 0 bridgehead atoms. The van der Waals surface area contributed by atoms with Crippen LogP contribution in [0.25, 0.3) is 5.57 Å². The van der Waals surface area contributed by atoms with Crippen LogP contribution in [0.1, 0.15) is 17.5 Å². The minimum atomic E-state index is 0.157. The molecular formula is C23H16N2. The van der Waals surface area contributed by atoms with Gasteiger partial charge in [-0.2, -0.15) is 10.5 Å². The summed E-state index contributed by atoms with van der Waals surface area (Å²) in [5.74, 6) is 0.564. The third-order valence-corrected chi connectivity index (χ3v) is 5.08. The number of benzene rings is 2. The highest BCUT2D eigenvalue weighted by atomic mass is 14.5. The Morgan fingerprint density at radius 2 is 1.40 bits per heavy atom. The predicted octanol–water partition coefficient (Wildman–Crippen LogP) is 5.04. The fourth-order valence-corrected chi connectivity index (χ4v) is 3.90. The van der Waals surface area contributed by atoms with Crippen molar-refractivity contribution >= 4 is 5.57 Å². The van der Waals surface area contributed by atoms with Crippen molar-refractivity contribution in [3.63, 3.8) is 0 Å². The monoisotopic (exact) mass is 320 g/mol. The molecule has 4 rings (SSSR count). The van der Waals surface area contributed by atoms with Crippen LogP contribution < -0.4 is 0 Å². The second-order valence-electron chi connectivity index (χ2n) is 6.39. The normalized spacial score (nSPS) is 20.2. The zero-order valence-corrected chi connectivity index (χ0v) is 13.7. The molecule has 0 radical (unpaired) electrons. The lowest BCUT2D eigenvalue weighted by Crippen LogP contribution is -2.27. The van der Waals surface area contributed by atoms with Gasteiger partial charge in [0, 0.05) is 5.92 Å². The molecule has 2 aliphatic carbocycles.